The van der Waals surface area contributed by atoms with Crippen molar-refractivity contribution in [2.45, 2.75) is 0 Å². The van der Waals surface area contributed by atoms with Gasteiger partial charge >= 0.3 is 0 Å². The van der Waals surface area contributed by atoms with E-state index in [-0.39, 0.29) is 0 Å². The molecule has 0 saturated carbocycles. The van der Waals surface area contributed by atoms with Crippen LogP contribution in [-0.2, 0) is 0 Å². The van der Waals surface area contributed by atoms with Gasteiger partial charge in [-0.1, -0.05) is 133 Å². The number of hydrogen-bond donors (Lipinski definition) is 0. The summed E-state index contributed by atoms with van der Waals surface area (Å²) in [4.78, 5) is 0. The van der Waals surface area contributed by atoms with Crippen LogP contribution in [0.1, 0.15) is 0 Å². The summed E-state index contributed by atoms with van der Waals surface area (Å²) in [6.45, 7) is 0. The monoisotopic (exact) mass is 649 g/mol. The Bertz CT molecular complexity index is 3080. The molecule has 3 nitrogen and oxygen atoms in total. The van der Waals surface area contributed by atoms with E-state index >= 15 is 0 Å². The summed E-state index contributed by atoms with van der Waals surface area (Å²) in [5.41, 5.74) is 13.1. The molecular formula is C48H31N3. The molecule has 51 heavy (non-hydrogen) atoms. The molecule has 8 aromatic carbocycles. The molecule has 0 aliphatic carbocycles. The van der Waals surface area contributed by atoms with E-state index in [0.29, 0.717) is 0 Å². The summed E-state index contributed by atoms with van der Waals surface area (Å²) in [6.07, 6.45) is 0. The van der Waals surface area contributed by atoms with Crippen molar-refractivity contribution in [3.8, 4) is 28.2 Å². The average molecular weight is 650 g/mol. The van der Waals surface area contributed by atoms with Gasteiger partial charge in [0.05, 0.1) is 38.8 Å². The molecule has 0 spiro atoms. The van der Waals surface area contributed by atoms with Crippen LogP contribution in [0.15, 0.2) is 188 Å². The van der Waals surface area contributed by atoms with Crippen molar-refractivity contribution < 1.29 is 0 Å². The van der Waals surface area contributed by atoms with Crippen molar-refractivity contribution in [2.24, 2.45) is 0 Å². The summed E-state index contributed by atoms with van der Waals surface area (Å²) in [6, 6.07) is 68.4. The Morgan fingerprint density at radius 1 is 0.275 bits per heavy atom. The SMILES string of the molecule is c1ccc(-n2c3ccccc3c3ccc4c5ccccc5n(-c5cccc(-c6ccccc6-n6c7ccccc7c7ccccc76)c5)c4c32)cc1. The molecule has 0 amide bonds. The van der Waals surface area contributed by atoms with Crippen molar-refractivity contribution in [1.29, 1.82) is 0 Å². The maximum absolute atomic E-state index is 2.48. The van der Waals surface area contributed by atoms with Gasteiger partial charge in [-0.25, -0.2) is 0 Å². The third-order valence-electron chi connectivity index (χ3n) is 10.6. The smallest absolute Gasteiger partial charge is 0.0788 e. The van der Waals surface area contributed by atoms with E-state index in [1.165, 1.54) is 82.2 Å². The van der Waals surface area contributed by atoms with Crippen LogP contribution in [0.4, 0.5) is 0 Å². The van der Waals surface area contributed by atoms with Crippen molar-refractivity contribution >= 4 is 65.4 Å². The molecule has 0 aliphatic heterocycles. The van der Waals surface area contributed by atoms with Gasteiger partial charge in [-0.05, 0) is 60.2 Å². The molecule has 0 saturated heterocycles. The largest absolute Gasteiger partial charge is 0.309 e. The van der Waals surface area contributed by atoms with E-state index in [2.05, 4.69) is 202 Å². The van der Waals surface area contributed by atoms with Gasteiger partial charge in [-0.2, -0.15) is 0 Å². The first-order chi connectivity index (χ1) is 25.3. The molecule has 11 rings (SSSR count). The zero-order valence-corrected chi connectivity index (χ0v) is 27.7. The molecule has 0 bridgehead atoms. The van der Waals surface area contributed by atoms with Crippen LogP contribution in [0.2, 0.25) is 0 Å². The number of para-hydroxylation sites is 6. The van der Waals surface area contributed by atoms with Gasteiger partial charge in [0, 0.05) is 49.3 Å². The number of nitrogens with zero attached hydrogens (tertiary/aromatic N) is 3. The Labute approximate surface area is 294 Å². The third kappa shape index (κ3) is 4.00. The molecule has 3 heteroatoms. The summed E-state index contributed by atoms with van der Waals surface area (Å²) in [7, 11) is 0. The molecule has 238 valence electrons. The summed E-state index contributed by atoms with van der Waals surface area (Å²) >= 11 is 0. The third-order valence-corrected chi connectivity index (χ3v) is 10.6. The lowest BCUT2D eigenvalue weighted by atomic mass is 10.0. The van der Waals surface area contributed by atoms with E-state index in [1.807, 2.05) is 0 Å². The van der Waals surface area contributed by atoms with Crippen molar-refractivity contribution in [3.05, 3.63) is 188 Å². The van der Waals surface area contributed by atoms with Crippen molar-refractivity contribution in [1.82, 2.24) is 13.7 Å². The number of benzene rings is 8. The van der Waals surface area contributed by atoms with Crippen LogP contribution in [0, 0.1) is 0 Å². The lowest BCUT2D eigenvalue weighted by Gasteiger charge is -2.16. The van der Waals surface area contributed by atoms with Gasteiger partial charge in [-0.3, -0.25) is 0 Å². The fraction of sp³-hybridized carbons (Fsp3) is 0. The first-order valence-electron chi connectivity index (χ1n) is 17.5. The molecule has 0 atom stereocenters. The minimum atomic E-state index is 1.13. The first-order valence-corrected chi connectivity index (χ1v) is 17.5. The Morgan fingerprint density at radius 3 is 1.29 bits per heavy atom. The molecular weight excluding hydrogens is 619 g/mol. The second-order valence-electron chi connectivity index (χ2n) is 13.3. The van der Waals surface area contributed by atoms with Crippen LogP contribution >= 0.6 is 0 Å². The lowest BCUT2D eigenvalue weighted by molar-refractivity contribution is 1.15. The number of rotatable bonds is 4. The van der Waals surface area contributed by atoms with E-state index in [0.717, 1.165) is 11.4 Å². The lowest BCUT2D eigenvalue weighted by Crippen LogP contribution is -2.00. The van der Waals surface area contributed by atoms with Crippen LogP contribution in [0.5, 0.6) is 0 Å². The molecule has 0 unspecified atom stereocenters. The zero-order valence-electron chi connectivity index (χ0n) is 27.7. The maximum Gasteiger partial charge on any atom is 0.0788 e. The highest BCUT2D eigenvalue weighted by Crippen LogP contribution is 2.42. The number of aromatic nitrogens is 3. The zero-order chi connectivity index (χ0) is 33.5. The van der Waals surface area contributed by atoms with Gasteiger partial charge in [0.2, 0.25) is 0 Å². The predicted octanol–water partition coefficient (Wildman–Crippen LogP) is 12.6. The Kier molecular flexibility index (Phi) is 5.96. The molecule has 0 fully saturated rings. The summed E-state index contributed by atoms with van der Waals surface area (Å²) in [5.74, 6) is 0. The topological polar surface area (TPSA) is 14.8 Å². The van der Waals surface area contributed by atoms with Gasteiger partial charge in [0.15, 0.2) is 0 Å². The quantitative estimate of drug-likeness (QED) is 0.180. The predicted molar refractivity (Wildman–Crippen MR) is 215 cm³/mol. The molecule has 0 N–H and O–H groups in total. The second-order valence-corrected chi connectivity index (χ2v) is 13.3. The maximum atomic E-state index is 2.48. The Balaban J connectivity index is 1.22. The number of fused-ring (bicyclic) bond motifs is 10. The van der Waals surface area contributed by atoms with E-state index < -0.39 is 0 Å². The highest BCUT2D eigenvalue weighted by atomic mass is 15.0. The van der Waals surface area contributed by atoms with Crippen LogP contribution < -0.4 is 0 Å². The van der Waals surface area contributed by atoms with Gasteiger partial charge in [-0.15, -0.1) is 0 Å². The van der Waals surface area contributed by atoms with Crippen LogP contribution in [0.3, 0.4) is 0 Å². The van der Waals surface area contributed by atoms with Crippen molar-refractivity contribution in [2.75, 3.05) is 0 Å². The standard InChI is InChI=1S/C48H31N3/c1-2-16-33(17-3-1)49-43-25-10-7-22-38(43)40-29-30-41-39-23-8-11-26-44(39)50(48(41)47(40)49)34-18-14-15-32(31-34)35-19-4-9-24-42(35)51-45-27-12-5-20-36(45)37-21-6-13-28-46(37)51/h1-31H. The van der Waals surface area contributed by atoms with Gasteiger partial charge < -0.3 is 13.7 Å². The number of hydrogen-bond acceptors (Lipinski definition) is 0. The first kappa shape index (κ1) is 28.0. The molecule has 3 heterocycles. The minimum absolute atomic E-state index is 1.13. The highest BCUT2D eigenvalue weighted by Gasteiger charge is 2.22. The molecule has 3 aromatic heterocycles. The van der Waals surface area contributed by atoms with E-state index in [1.54, 1.807) is 0 Å². The van der Waals surface area contributed by atoms with Crippen LogP contribution in [0.25, 0.3) is 93.6 Å². The van der Waals surface area contributed by atoms with Crippen LogP contribution in [-0.4, -0.2) is 13.7 Å². The summed E-state index contributed by atoms with van der Waals surface area (Å²) in [5, 5.41) is 7.52. The normalized spacial score (nSPS) is 11.9. The minimum Gasteiger partial charge on any atom is -0.309 e. The fourth-order valence-electron chi connectivity index (χ4n) is 8.52. The Morgan fingerprint density at radius 2 is 0.706 bits per heavy atom. The second kappa shape index (κ2) is 10.8. The molecule has 0 aliphatic rings. The van der Waals surface area contributed by atoms with Gasteiger partial charge in [0.1, 0.15) is 0 Å². The van der Waals surface area contributed by atoms with E-state index in [9.17, 15) is 0 Å². The summed E-state index contributed by atoms with van der Waals surface area (Å²) < 4.78 is 7.36. The average Bonchev–Trinajstić information content (AvgIpc) is 3.84. The fourth-order valence-corrected chi connectivity index (χ4v) is 8.52. The molecule has 11 aromatic rings. The molecule has 0 radical (unpaired) electrons. The van der Waals surface area contributed by atoms with Crippen molar-refractivity contribution in [3.63, 3.8) is 0 Å². The van der Waals surface area contributed by atoms with Gasteiger partial charge in [0.25, 0.3) is 0 Å². The highest BCUT2D eigenvalue weighted by molar-refractivity contribution is 6.23. The Hall–Kier alpha value is -6.84. The van der Waals surface area contributed by atoms with E-state index in [4.69, 9.17) is 0 Å².